The molecule has 2 aromatic heterocycles. The lowest BCUT2D eigenvalue weighted by Crippen LogP contribution is -2.34. The second-order valence-corrected chi connectivity index (χ2v) is 4.76. The molecule has 1 saturated heterocycles. The van der Waals surface area contributed by atoms with Crippen molar-refractivity contribution in [3.63, 3.8) is 0 Å². The van der Waals surface area contributed by atoms with Crippen LogP contribution in [0.3, 0.4) is 0 Å². The molecule has 8 nitrogen and oxygen atoms in total. The summed E-state index contributed by atoms with van der Waals surface area (Å²) in [5, 5.41) is 13.1. The van der Waals surface area contributed by atoms with E-state index in [4.69, 9.17) is 9.47 Å². The van der Waals surface area contributed by atoms with Crippen LogP contribution in [0.4, 0.5) is 11.6 Å². The van der Waals surface area contributed by atoms with E-state index in [0.29, 0.717) is 23.4 Å². The van der Waals surface area contributed by atoms with Gasteiger partial charge in [-0.3, -0.25) is 4.98 Å². The second kappa shape index (κ2) is 6.40. The topological polar surface area (TPSA) is 97.0 Å². The quantitative estimate of drug-likeness (QED) is 0.758. The Morgan fingerprint density at radius 3 is 2.86 bits per heavy atom. The van der Waals surface area contributed by atoms with Gasteiger partial charge in [0.2, 0.25) is 11.8 Å². The second-order valence-electron chi connectivity index (χ2n) is 4.76. The summed E-state index contributed by atoms with van der Waals surface area (Å²) in [6.07, 6.45) is 5.40. The van der Waals surface area contributed by atoms with Crippen molar-refractivity contribution in [2.75, 3.05) is 25.5 Å². The van der Waals surface area contributed by atoms with Crippen molar-refractivity contribution in [1.29, 1.82) is 0 Å². The molecule has 1 fully saturated rings. The van der Waals surface area contributed by atoms with Crippen LogP contribution in [0.2, 0.25) is 0 Å². The van der Waals surface area contributed by atoms with Gasteiger partial charge in [-0.15, -0.1) is 0 Å². The van der Waals surface area contributed by atoms with Gasteiger partial charge in [-0.2, -0.15) is 10.1 Å². The Kier molecular flexibility index (Phi) is 4.15. The first-order valence-electron chi connectivity index (χ1n) is 6.89. The lowest BCUT2D eigenvalue weighted by molar-refractivity contribution is 0.155. The van der Waals surface area contributed by atoms with Gasteiger partial charge in [-0.05, 0) is 25.9 Å². The Bertz CT molecular complexity index is 582. The monoisotopic (exact) mass is 290 g/mol. The Morgan fingerprint density at radius 1 is 1.24 bits per heavy atom. The van der Waals surface area contributed by atoms with Crippen molar-refractivity contribution in [2.45, 2.75) is 18.9 Å². The summed E-state index contributed by atoms with van der Waals surface area (Å²) in [6, 6.07) is 1.74. The first-order valence-corrected chi connectivity index (χ1v) is 6.89. The summed E-state index contributed by atoms with van der Waals surface area (Å²) in [6.45, 7) is 1.95. The van der Waals surface area contributed by atoms with Gasteiger partial charge < -0.3 is 20.1 Å². The zero-order valence-electron chi connectivity index (χ0n) is 11.8. The van der Waals surface area contributed by atoms with Crippen molar-refractivity contribution in [1.82, 2.24) is 25.5 Å². The number of ether oxygens (including phenoxy) is 2. The highest BCUT2D eigenvalue weighted by atomic mass is 16.5. The molecule has 8 heteroatoms. The molecule has 3 heterocycles. The average Bonchev–Trinajstić information content (AvgIpc) is 2.96. The predicted octanol–water partition coefficient (Wildman–Crippen LogP) is 1.08. The number of nitrogens with one attached hydrogen (secondary N) is 3. The number of hydrogen-bond donors (Lipinski definition) is 3. The molecule has 112 valence electrons. The maximum absolute atomic E-state index is 5.85. The number of anilines is 2. The molecule has 0 radical (unpaired) electrons. The van der Waals surface area contributed by atoms with Crippen molar-refractivity contribution in [3.05, 3.63) is 18.5 Å². The fourth-order valence-corrected chi connectivity index (χ4v) is 2.15. The SMILES string of the molecule is COc1cc(Nc2cncc(OC3CCNCC3)n2)n[nH]1. The molecule has 0 unspecified atom stereocenters. The summed E-state index contributed by atoms with van der Waals surface area (Å²) >= 11 is 0. The van der Waals surface area contributed by atoms with Gasteiger partial charge in [0.25, 0.3) is 0 Å². The molecule has 0 amide bonds. The summed E-state index contributed by atoms with van der Waals surface area (Å²) in [5.41, 5.74) is 0. The molecule has 3 N–H and O–H groups in total. The Labute approximate surface area is 122 Å². The van der Waals surface area contributed by atoms with E-state index in [9.17, 15) is 0 Å². The molecule has 0 aromatic carbocycles. The molecule has 0 bridgehead atoms. The van der Waals surface area contributed by atoms with Crippen molar-refractivity contribution in [2.24, 2.45) is 0 Å². The number of H-pyrrole nitrogens is 1. The summed E-state index contributed by atoms with van der Waals surface area (Å²) in [4.78, 5) is 8.52. The third kappa shape index (κ3) is 3.60. The van der Waals surface area contributed by atoms with Crippen LogP contribution in [-0.4, -0.2) is 46.5 Å². The average molecular weight is 290 g/mol. The van der Waals surface area contributed by atoms with Gasteiger partial charge in [0.15, 0.2) is 11.6 Å². The van der Waals surface area contributed by atoms with Gasteiger partial charge in [0.05, 0.1) is 19.5 Å². The van der Waals surface area contributed by atoms with Crippen LogP contribution in [0, 0.1) is 0 Å². The van der Waals surface area contributed by atoms with Crippen LogP contribution in [0.15, 0.2) is 18.5 Å². The molecular weight excluding hydrogens is 272 g/mol. The molecule has 0 atom stereocenters. The summed E-state index contributed by atoms with van der Waals surface area (Å²) in [7, 11) is 1.57. The van der Waals surface area contributed by atoms with Gasteiger partial charge in [0.1, 0.15) is 6.10 Å². The standard InChI is InChI=1S/C13H18N6O2/c1-20-12-6-10(18-19-12)16-11-7-15-8-13(17-11)21-9-2-4-14-5-3-9/h6-9,14H,2-5H2,1H3,(H2,16,17,18,19). The van der Waals surface area contributed by atoms with Gasteiger partial charge in [0, 0.05) is 6.07 Å². The summed E-state index contributed by atoms with van der Waals surface area (Å²) < 4.78 is 10.9. The first kappa shape index (κ1) is 13.6. The number of piperidine rings is 1. The maximum atomic E-state index is 5.85. The highest BCUT2D eigenvalue weighted by molar-refractivity contribution is 5.51. The normalized spacial score (nSPS) is 15.7. The Morgan fingerprint density at radius 2 is 2.10 bits per heavy atom. The van der Waals surface area contributed by atoms with E-state index in [2.05, 4.69) is 30.8 Å². The van der Waals surface area contributed by atoms with Crippen molar-refractivity contribution >= 4 is 11.6 Å². The fourth-order valence-electron chi connectivity index (χ4n) is 2.15. The van der Waals surface area contributed by atoms with E-state index in [1.54, 1.807) is 25.6 Å². The van der Waals surface area contributed by atoms with Gasteiger partial charge >= 0.3 is 0 Å². The molecule has 3 rings (SSSR count). The van der Waals surface area contributed by atoms with Gasteiger partial charge in [-0.25, -0.2) is 5.10 Å². The molecule has 0 saturated carbocycles. The highest BCUT2D eigenvalue weighted by Gasteiger charge is 2.15. The molecular formula is C13H18N6O2. The number of aromatic amines is 1. The summed E-state index contributed by atoms with van der Waals surface area (Å²) in [5.74, 6) is 2.29. The Hall–Kier alpha value is -2.35. The van der Waals surface area contributed by atoms with E-state index in [1.165, 1.54) is 0 Å². The Balaban J connectivity index is 1.64. The first-order chi connectivity index (χ1) is 10.3. The zero-order chi connectivity index (χ0) is 14.5. The van der Waals surface area contributed by atoms with Crippen LogP contribution in [0.5, 0.6) is 11.8 Å². The minimum atomic E-state index is 0.196. The van der Waals surface area contributed by atoms with Crippen LogP contribution in [0.25, 0.3) is 0 Å². The lowest BCUT2D eigenvalue weighted by Gasteiger charge is -2.23. The van der Waals surface area contributed by atoms with E-state index in [-0.39, 0.29) is 6.10 Å². The molecule has 0 spiro atoms. The minimum Gasteiger partial charge on any atom is -0.481 e. The van der Waals surface area contributed by atoms with E-state index >= 15 is 0 Å². The fraction of sp³-hybridized carbons (Fsp3) is 0.462. The molecule has 21 heavy (non-hydrogen) atoms. The number of methoxy groups -OCH3 is 1. The van der Waals surface area contributed by atoms with Crippen molar-refractivity contribution in [3.8, 4) is 11.8 Å². The number of rotatable bonds is 5. The minimum absolute atomic E-state index is 0.196. The van der Waals surface area contributed by atoms with Crippen LogP contribution >= 0.6 is 0 Å². The number of hydrogen-bond acceptors (Lipinski definition) is 7. The van der Waals surface area contributed by atoms with Crippen molar-refractivity contribution < 1.29 is 9.47 Å². The van der Waals surface area contributed by atoms with Crippen LogP contribution in [0.1, 0.15) is 12.8 Å². The molecule has 1 aliphatic rings. The third-order valence-corrected chi connectivity index (χ3v) is 3.22. The van der Waals surface area contributed by atoms with E-state index in [1.807, 2.05) is 0 Å². The molecule has 2 aromatic rings. The maximum Gasteiger partial charge on any atom is 0.234 e. The van der Waals surface area contributed by atoms with E-state index < -0.39 is 0 Å². The van der Waals surface area contributed by atoms with E-state index in [0.717, 1.165) is 25.9 Å². The predicted molar refractivity (Wildman–Crippen MR) is 77.0 cm³/mol. The van der Waals surface area contributed by atoms with Gasteiger partial charge in [-0.1, -0.05) is 0 Å². The molecule has 0 aliphatic carbocycles. The number of nitrogens with zero attached hydrogens (tertiary/aromatic N) is 3. The lowest BCUT2D eigenvalue weighted by atomic mass is 10.1. The van der Waals surface area contributed by atoms with Crippen LogP contribution in [-0.2, 0) is 0 Å². The zero-order valence-corrected chi connectivity index (χ0v) is 11.8. The number of aromatic nitrogens is 4. The highest BCUT2D eigenvalue weighted by Crippen LogP contribution is 2.19. The molecule has 1 aliphatic heterocycles. The smallest absolute Gasteiger partial charge is 0.234 e. The largest absolute Gasteiger partial charge is 0.481 e. The van der Waals surface area contributed by atoms with Crippen LogP contribution < -0.4 is 20.1 Å². The third-order valence-electron chi connectivity index (χ3n) is 3.22.